The number of likely N-dealkylation sites (N-methyl/N-ethyl adjacent to an activating group) is 1. The third-order valence-corrected chi connectivity index (χ3v) is 5.86. The summed E-state index contributed by atoms with van der Waals surface area (Å²) >= 11 is 0. The van der Waals surface area contributed by atoms with Crippen LogP contribution >= 0.6 is 0 Å². The Morgan fingerprint density at radius 1 is 1.12 bits per heavy atom. The number of carbonyl (C=O) groups excluding carboxylic acids is 1. The van der Waals surface area contributed by atoms with Crippen molar-refractivity contribution < 1.29 is 24.5 Å². The van der Waals surface area contributed by atoms with Gasteiger partial charge in [-0.05, 0) is 48.7 Å². The van der Waals surface area contributed by atoms with Crippen LogP contribution in [0.4, 0.5) is 0 Å². The fourth-order valence-corrected chi connectivity index (χ4v) is 3.98. The average molecular weight is 457 g/mol. The van der Waals surface area contributed by atoms with Gasteiger partial charge in [-0.1, -0.05) is 24.3 Å². The summed E-state index contributed by atoms with van der Waals surface area (Å²) in [5.41, 5.74) is 3.84. The molecule has 1 heterocycles. The molecule has 2 aromatic carbocycles. The zero-order valence-electron chi connectivity index (χ0n) is 19.9. The fraction of sp³-hybridized carbons (Fsp3) is 0.500. The van der Waals surface area contributed by atoms with Crippen LogP contribution < -0.4 is 4.74 Å². The molecule has 1 aliphatic rings. The van der Waals surface area contributed by atoms with E-state index in [-0.39, 0.29) is 19.1 Å². The molecular formula is C26H36N2O5. The first-order chi connectivity index (χ1) is 15.9. The number of hydrogen-bond donors (Lipinski definition) is 2. The van der Waals surface area contributed by atoms with Crippen molar-refractivity contribution >= 4 is 5.91 Å². The predicted molar refractivity (Wildman–Crippen MR) is 128 cm³/mol. The van der Waals surface area contributed by atoms with E-state index in [9.17, 15) is 9.90 Å². The molecule has 0 saturated heterocycles. The summed E-state index contributed by atoms with van der Waals surface area (Å²) < 4.78 is 11.8. The summed E-state index contributed by atoms with van der Waals surface area (Å²) in [7, 11) is 1.62. The summed E-state index contributed by atoms with van der Waals surface area (Å²) in [5, 5.41) is 18.8. The zero-order chi connectivity index (χ0) is 23.8. The Morgan fingerprint density at radius 2 is 1.91 bits per heavy atom. The minimum absolute atomic E-state index is 0.0641. The second-order valence-electron chi connectivity index (χ2n) is 8.87. The molecule has 1 aliphatic heterocycles. The molecule has 0 saturated carbocycles. The molecule has 2 N–H and O–H groups in total. The van der Waals surface area contributed by atoms with Crippen LogP contribution in [0.1, 0.15) is 40.9 Å². The number of fused-ring (bicyclic) bond motifs is 3. The summed E-state index contributed by atoms with van der Waals surface area (Å²) in [6, 6.07) is 14.4. The smallest absolute Gasteiger partial charge is 0.253 e. The molecule has 1 atom stereocenters. The second-order valence-corrected chi connectivity index (χ2v) is 8.87. The van der Waals surface area contributed by atoms with E-state index >= 15 is 0 Å². The van der Waals surface area contributed by atoms with Gasteiger partial charge < -0.3 is 24.6 Å². The maximum atomic E-state index is 12.9. The fourth-order valence-electron chi connectivity index (χ4n) is 3.98. The predicted octanol–water partition coefficient (Wildman–Crippen LogP) is 2.32. The van der Waals surface area contributed by atoms with Gasteiger partial charge in [0.05, 0.1) is 25.9 Å². The molecule has 0 radical (unpaired) electrons. The molecule has 180 valence electrons. The molecule has 3 rings (SSSR count). The SMILES string of the molecule is CC(C)N1CCOCCOc2ccc(C(=O)N(C)CC(O)CO)cc2Cc2cccc(c2)C1. The van der Waals surface area contributed by atoms with Gasteiger partial charge in [0, 0.05) is 44.7 Å². The highest BCUT2D eigenvalue weighted by molar-refractivity contribution is 5.94. The van der Waals surface area contributed by atoms with Crippen LogP contribution in [0.25, 0.3) is 0 Å². The van der Waals surface area contributed by atoms with Crippen molar-refractivity contribution in [1.29, 1.82) is 0 Å². The number of ether oxygens (including phenoxy) is 2. The Hall–Kier alpha value is -2.45. The van der Waals surface area contributed by atoms with Crippen LogP contribution in [0.5, 0.6) is 5.75 Å². The minimum Gasteiger partial charge on any atom is -0.491 e. The molecule has 0 spiro atoms. The minimum atomic E-state index is -0.965. The topological polar surface area (TPSA) is 82.5 Å². The highest BCUT2D eigenvalue weighted by atomic mass is 16.5. The van der Waals surface area contributed by atoms with Crippen LogP contribution in [0.15, 0.2) is 42.5 Å². The largest absolute Gasteiger partial charge is 0.491 e. The number of rotatable bonds is 5. The van der Waals surface area contributed by atoms with Crippen molar-refractivity contribution in [3.63, 3.8) is 0 Å². The van der Waals surface area contributed by atoms with Crippen molar-refractivity contribution in [3.8, 4) is 5.75 Å². The molecule has 7 nitrogen and oxygen atoms in total. The van der Waals surface area contributed by atoms with Crippen LogP contribution in [-0.2, 0) is 17.7 Å². The molecule has 0 aliphatic carbocycles. The lowest BCUT2D eigenvalue weighted by Crippen LogP contribution is -2.35. The number of benzene rings is 2. The number of nitrogens with zero attached hydrogens (tertiary/aromatic N) is 2. The normalized spacial score (nSPS) is 16.4. The Balaban J connectivity index is 1.88. The van der Waals surface area contributed by atoms with E-state index in [4.69, 9.17) is 14.6 Å². The first-order valence-electron chi connectivity index (χ1n) is 11.6. The standard InChI is InChI=1S/C26H36N2O5/c1-19(2)28-9-10-32-11-12-33-25-8-7-22(26(31)27(3)17-24(30)18-29)15-23(25)14-20-5-4-6-21(13-20)16-28/h4-8,13,15,19,24,29-30H,9-12,14,16-18H2,1-3H3. The van der Waals surface area contributed by atoms with E-state index in [2.05, 4.69) is 43.0 Å². The van der Waals surface area contributed by atoms with Gasteiger partial charge in [-0.3, -0.25) is 9.69 Å². The van der Waals surface area contributed by atoms with Crippen molar-refractivity contribution in [2.45, 2.75) is 39.0 Å². The van der Waals surface area contributed by atoms with Crippen LogP contribution in [0.3, 0.4) is 0 Å². The molecule has 1 unspecified atom stereocenters. The lowest BCUT2D eigenvalue weighted by atomic mass is 9.99. The maximum absolute atomic E-state index is 12.9. The average Bonchev–Trinajstić information content (AvgIpc) is 2.80. The first kappa shape index (κ1) is 25.2. The highest BCUT2D eigenvalue weighted by Gasteiger charge is 2.18. The van der Waals surface area contributed by atoms with Crippen molar-refractivity contribution in [2.75, 3.05) is 46.6 Å². The van der Waals surface area contributed by atoms with E-state index in [1.807, 2.05) is 12.1 Å². The van der Waals surface area contributed by atoms with Crippen LogP contribution in [-0.4, -0.2) is 84.6 Å². The number of carbonyl (C=O) groups is 1. The van der Waals surface area contributed by atoms with E-state index in [0.717, 1.165) is 30.0 Å². The third-order valence-electron chi connectivity index (χ3n) is 5.86. The number of amides is 1. The Bertz CT molecular complexity index is 917. The second kappa shape index (κ2) is 12.1. The van der Waals surface area contributed by atoms with Gasteiger partial charge in [0.15, 0.2) is 0 Å². The molecular weight excluding hydrogens is 420 g/mol. The van der Waals surface area contributed by atoms with Gasteiger partial charge in [-0.15, -0.1) is 0 Å². The van der Waals surface area contributed by atoms with E-state index in [0.29, 0.717) is 37.8 Å². The molecule has 0 aromatic heterocycles. The molecule has 0 fully saturated rings. The lowest BCUT2D eigenvalue weighted by molar-refractivity contribution is 0.0520. The third kappa shape index (κ3) is 7.27. The van der Waals surface area contributed by atoms with Crippen LogP contribution in [0, 0.1) is 0 Å². The molecule has 33 heavy (non-hydrogen) atoms. The lowest BCUT2D eigenvalue weighted by Gasteiger charge is -2.27. The van der Waals surface area contributed by atoms with Crippen molar-refractivity contribution in [2.24, 2.45) is 0 Å². The Labute approximate surface area is 196 Å². The van der Waals surface area contributed by atoms with Gasteiger partial charge in [0.25, 0.3) is 5.91 Å². The molecule has 2 aromatic rings. The molecule has 1 amide bonds. The monoisotopic (exact) mass is 456 g/mol. The van der Waals surface area contributed by atoms with Gasteiger partial charge in [0.1, 0.15) is 12.4 Å². The Morgan fingerprint density at radius 3 is 2.67 bits per heavy atom. The van der Waals surface area contributed by atoms with Gasteiger partial charge in [-0.2, -0.15) is 0 Å². The van der Waals surface area contributed by atoms with E-state index in [1.54, 1.807) is 13.1 Å². The number of hydrogen-bond acceptors (Lipinski definition) is 6. The molecule has 2 bridgehead atoms. The summed E-state index contributed by atoms with van der Waals surface area (Å²) in [6.07, 6.45) is -0.330. The van der Waals surface area contributed by atoms with Crippen molar-refractivity contribution in [3.05, 3.63) is 64.7 Å². The Kier molecular flexibility index (Phi) is 9.26. The van der Waals surface area contributed by atoms with Crippen molar-refractivity contribution in [1.82, 2.24) is 9.80 Å². The summed E-state index contributed by atoms with van der Waals surface area (Å²) in [5.74, 6) is 0.522. The van der Waals surface area contributed by atoms with E-state index in [1.165, 1.54) is 10.5 Å². The van der Waals surface area contributed by atoms with Crippen LogP contribution in [0.2, 0.25) is 0 Å². The van der Waals surface area contributed by atoms with E-state index < -0.39 is 6.10 Å². The van der Waals surface area contributed by atoms with Gasteiger partial charge in [-0.25, -0.2) is 0 Å². The summed E-state index contributed by atoms with van der Waals surface area (Å²) in [6.45, 7) is 7.37. The van der Waals surface area contributed by atoms with Gasteiger partial charge >= 0.3 is 0 Å². The number of aliphatic hydroxyl groups is 2. The maximum Gasteiger partial charge on any atom is 0.253 e. The number of aliphatic hydroxyl groups excluding tert-OH is 2. The summed E-state index contributed by atoms with van der Waals surface area (Å²) in [4.78, 5) is 16.7. The zero-order valence-corrected chi connectivity index (χ0v) is 19.9. The first-order valence-corrected chi connectivity index (χ1v) is 11.6. The molecule has 7 heteroatoms. The van der Waals surface area contributed by atoms with Gasteiger partial charge in [0.2, 0.25) is 0 Å². The highest BCUT2D eigenvalue weighted by Crippen LogP contribution is 2.25. The quantitative estimate of drug-likeness (QED) is 0.719.